The number of fused-ring (bicyclic) bond motifs is 1. The highest BCUT2D eigenvalue weighted by Crippen LogP contribution is 2.29. The highest BCUT2D eigenvalue weighted by molar-refractivity contribution is 9.09. The molecule has 8 fully saturated rings. The van der Waals surface area contributed by atoms with Crippen LogP contribution in [0.3, 0.4) is 0 Å². The highest BCUT2D eigenvalue weighted by Gasteiger charge is 2.41. The van der Waals surface area contributed by atoms with Crippen LogP contribution in [0.5, 0.6) is 0 Å². The van der Waals surface area contributed by atoms with Crippen LogP contribution in [0.2, 0.25) is 0 Å². The molecular formula is C77H123BrN6O16. The Labute approximate surface area is 604 Å². The maximum atomic E-state index is 11.4. The van der Waals surface area contributed by atoms with Crippen LogP contribution in [0.4, 0.5) is 4.79 Å². The number of nitrogens with two attached hydrogens (primary N) is 2. The van der Waals surface area contributed by atoms with Crippen molar-refractivity contribution in [1.29, 1.82) is 0 Å². The molecule has 23 heteroatoms. The second-order valence-electron chi connectivity index (χ2n) is 27.2. The molecular weight excluding hydrogens is 1340 g/mol. The van der Waals surface area contributed by atoms with Gasteiger partial charge in [0, 0.05) is 81.8 Å². The predicted molar refractivity (Wildman–Crippen MR) is 394 cm³/mol. The number of ether oxygens (including phenoxy) is 10. The normalized spacial score (nSPS) is 28.1. The third-order valence-electron chi connectivity index (χ3n) is 17.4. The summed E-state index contributed by atoms with van der Waals surface area (Å²) in [5, 5.41) is 60.8. The number of hydrogen-bond donors (Lipinski definition) is 11. The summed E-state index contributed by atoms with van der Waals surface area (Å²) in [5.41, 5.74) is 15.4. The number of nitrogens with one attached hydrogen (secondary N) is 4. The summed E-state index contributed by atoms with van der Waals surface area (Å²) >= 11 is 3.51. The number of carbonyl (C=O) groups excluding carboxylic acids is 1. The van der Waals surface area contributed by atoms with Crippen LogP contribution < -0.4 is 32.7 Å². The van der Waals surface area contributed by atoms with Crippen molar-refractivity contribution in [2.45, 2.75) is 214 Å². The number of hydrogen-bond acceptors (Lipinski definition) is 21. The lowest BCUT2D eigenvalue weighted by molar-refractivity contribution is -0.0211. The SMILES string of the molecule is BrC1CCOCC1.C1=CCOCC1.C1CC2OC2CO1.CC(C)(C)OC(=O)N[C@H]1COCC[C@@H]1O.C[C@H](N)c1ccccc1.C[C@H](N[C@@H]1COCC[C@H]1O)c1ccccc1.C[C@H](N[C@H]1COCC[C@@H]1O)c1ccccc1.C[C@H](N[C@H]1COCC[C@@H]1O)c1ccccc1.N[C@H]1COCC[C@@H]1O. The summed E-state index contributed by atoms with van der Waals surface area (Å²) in [6.45, 7) is 24.8. The number of rotatable bonds is 11. The van der Waals surface area contributed by atoms with Gasteiger partial charge in [0.25, 0.3) is 0 Å². The standard InChI is InChI=1S/3C13H19NO2.C10H19NO4.C8H11N.C5H9BrO.C5H11NO2.C5H8O2.C5H8O/c3*1-10(11-5-3-2-4-6-11)14-12-9-16-8-7-13(12)15;1-10(2,3)15-9(13)11-7-6-14-5-4-8(7)12;1-7(9)8-5-3-2-4-6-8;6-5-1-3-7-4-2-5;6-4-3-8-2-1-5(4)7;1-2-6-3-5-4(1)7-5;1-2-4-6-5-3-1/h3*2-6,10,12-15H,7-9H2,1H3;7-8,12H,4-6H2,1-3H3,(H,11,13);2-7H,9H2,1H3;5H,1-4H2;4-5,7H,1-3,6H2;4-5H,1-3H2;1-2H,3-5H2/t10-,12+,13+;2*10-,12-,13-;7-,8-;7-;;4-,5-;;/m00000.0../s1. The zero-order chi connectivity index (χ0) is 72.3. The zero-order valence-corrected chi connectivity index (χ0v) is 62.0. The molecule has 2 unspecified atom stereocenters. The van der Waals surface area contributed by atoms with E-state index < -0.39 is 17.8 Å². The molecule has 0 saturated carbocycles. The lowest BCUT2D eigenvalue weighted by Crippen LogP contribution is -2.50. The van der Waals surface area contributed by atoms with Gasteiger partial charge >= 0.3 is 6.09 Å². The largest absolute Gasteiger partial charge is 0.444 e. The first-order chi connectivity index (χ1) is 48.2. The van der Waals surface area contributed by atoms with Crippen LogP contribution in [-0.4, -0.2) is 221 Å². The number of aliphatic hydroxyl groups excluding tert-OH is 5. The van der Waals surface area contributed by atoms with E-state index >= 15 is 0 Å². The maximum absolute atomic E-state index is 11.4. The first-order valence-electron chi connectivity index (χ1n) is 36.1. The Morgan fingerprint density at radius 2 is 0.810 bits per heavy atom. The molecule has 4 aromatic rings. The predicted octanol–water partition coefficient (Wildman–Crippen LogP) is 8.62. The topological polar surface area (TPSA) is 314 Å². The van der Waals surface area contributed by atoms with E-state index in [0.717, 1.165) is 76.6 Å². The van der Waals surface area contributed by atoms with E-state index in [2.05, 4.69) is 100 Å². The summed E-state index contributed by atoms with van der Waals surface area (Å²) < 4.78 is 51.6. The van der Waals surface area contributed by atoms with Crippen LogP contribution in [0.1, 0.15) is 153 Å². The number of benzene rings is 4. The number of aliphatic hydroxyl groups is 5. The Bertz CT molecular complexity index is 2510. The summed E-state index contributed by atoms with van der Waals surface area (Å²) in [6, 6.07) is 41.3. The lowest BCUT2D eigenvalue weighted by atomic mass is 10.0. The van der Waals surface area contributed by atoms with Gasteiger partial charge in [-0.25, -0.2) is 4.79 Å². The molecule has 16 atom stereocenters. The number of amides is 1. The van der Waals surface area contributed by atoms with Crippen LogP contribution in [-0.2, 0) is 47.4 Å². The number of halogens is 1. The number of alkyl carbamates (subject to hydrolysis) is 1. The quantitative estimate of drug-likeness (QED) is 0.0380. The summed E-state index contributed by atoms with van der Waals surface area (Å²) in [4.78, 5) is 12.1. The average Bonchev–Trinajstić information content (AvgIpc) is 1.68. The molecule has 8 saturated heterocycles. The molecule has 4 aromatic carbocycles. The van der Waals surface area contributed by atoms with Gasteiger partial charge in [0.2, 0.25) is 0 Å². The molecule has 9 aliphatic rings. The van der Waals surface area contributed by atoms with Crippen molar-refractivity contribution in [3.8, 4) is 0 Å². The Balaban J connectivity index is 0.000000207. The van der Waals surface area contributed by atoms with Crippen molar-refractivity contribution in [2.75, 3.05) is 106 Å². The minimum atomic E-state index is -0.550. The molecule has 9 heterocycles. The fourth-order valence-corrected chi connectivity index (χ4v) is 11.5. The van der Waals surface area contributed by atoms with Crippen LogP contribution in [0.15, 0.2) is 133 Å². The Hall–Kier alpha value is -4.39. The Morgan fingerprint density at radius 1 is 0.450 bits per heavy atom. The van der Waals surface area contributed by atoms with Gasteiger partial charge in [0.15, 0.2) is 0 Å². The molecule has 0 aliphatic carbocycles. The molecule has 0 bridgehead atoms. The number of alkyl halides is 1. The van der Waals surface area contributed by atoms with Crippen LogP contribution >= 0.6 is 15.9 Å². The van der Waals surface area contributed by atoms with Crippen molar-refractivity contribution in [3.63, 3.8) is 0 Å². The van der Waals surface area contributed by atoms with Crippen molar-refractivity contribution in [2.24, 2.45) is 11.5 Å². The minimum Gasteiger partial charge on any atom is -0.444 e. The molecule has 22 nitrogen and oxygen atoms in total. The summed E-state index contributed by atoms with van der Waals surface area (Å²) in [5.74, 6) is 0. The van der Waals surface area contributed by atoms with Gasteiger partial charge in [-0.05, 0) is 129 Å². The van der Waals surface area contributed by atoms with E-state index in [9.17, 15) is 25.2 Å². The zero-order valence-electron chi connectivity index (χ0n) is 60.5. The minimum absolute atomic E-state index is 0.0453. The van der Waals surface area contributed by atoms with E-state index in [1.54, 1.807) is 20.8 Å². The van der Waals surface area contributed by atoms with Gasteiger partial charge in [-0.15, -0.1) is 0 Å². The Morgan fingerprint density at radius 3 is 1.07 bits per heavy atom. The first-order valence-corrected chi connectivity index (χ1v) is 37.0. The molecule has 0 spiro atoms. The van der Waals surface area contributed by atoms with Gasteiger partial charge in [-0.2, -0.15) is 0 Å². The molecule has 9 aliphatic heterocycles. The Kier molecular flexibility index (Phi) is 43.2. The van der Waals surface area contributed by atoms with E-state index in [0.29, 0.717) is 91.1 Å². The van der Waals surface area contributed by atoms with Gasteiger partial charge in [0.05, 0.1) is 120 Å². The van der Waals surface area contributed by atoms with Crippen LogP contribution in [0, 0.1) is 0 Å². The molecule has 13 N–H and O–H groups in total. The van der Waals surface area contributed by atoms with Crippen molar-refractivity contribution in [1.82, 2.24) is 21.3 Å². The molecule has 100 heavy (non-hydrogen) atoms. The first kappa shape index (κ1) is 86.3. The van der Waals surface area contributed by atoms with Gasteiger partial charge in [0.1, 0.15) is 11.7 Å². The van der Waals surface area contributed by atoms with Gasteiger partial charge in [-0.3, -0.25) is 0 Å². The van der Waals surface area contributed by atoms with Gasteiger partial charge < -0.3 is 106 Å². The lowest BCUT2D eigenvalue weighted by Gasteiger charge is -2.31. The van der Waals surface area contributed by atoms with Crippen molar-refractivity contribution >= 4 is 22.0 Å². The average molecular weight is 1470 g/mol. The maximum Gasteiger partial charge on any atom is 0.408 e. The molecule has 13 rings (SSSR count). The molecule has 1 amide bonds. The smallest absolute Gasteiger partial charge is 0.408 e. The number of epoxide rings is 1. The fourth-order valence-electron chi connectivity index (χ4n) is 11.1. The van der Waals surface area contributed by atoms with E-state index in [-0.39, 0.29) is 78.8 Å². The number of carbonyl (C=O) groups is 1. The molecule has 0 radical (unpaired) electrons. The summed E-state index contributed by atoms with van der Waals surface area (Å²) in [6.07, 6.45) is 10.9. The van der Waals surface area contributed by atoms with Crippen LogP contribution in [0.25, 0.3) is 0 Å². The van der Waals surface area contributed by atoms with Crippen molar-refractivity contribution in [3.05, 3.63) is 156 Å². The highest BCUT2D eigenvalue weighted by atomic mass is 79.9. The van der Waals surface area contributed by atoms with E-state index in [1.807, 2.05) is 97.9 Å². The third kappa shape index (κ3) is 37.4. The van der Waals surface area contributed by atoms with E-state index in [4.69, 9.17) is 63.9 Å². The molecule has 0 aromatic heterocycles. The van der Waals surface area contributed by atoms with Crippen molar-refractivity contribution < 1.29 is 77.7 Å². The second-order valence-corrected chi connectivity index (χ2v) is 28.5. The third-order valence-corrected chi connectivity index (χ3v) is 18.4. The fraction of sp³-hybridized carbons (Fsp3) is 0.649. The molecule has 564 valence electrons. The second kappa shape index (κ2) is 50.1. The van der Waals surface area contributed by atoms with Gasteiger partial charge in [-0.1, -0.05) is 149 Å². The monoisotopic (exact) mass is 1470 g/mol. The van der Waals surface area contributed by atoms with E-state index in [1.165, 1.54) is 35.1 Å². The summed E-state index contributed by atoms with van der Waals surface area (Å²) in [7, 11) is 0.